The molecule has 0 heterocycles. The number of aliphatic hydroxyl groups is 1. The number of aliphatic hydroxyl groups excluding tert-OH is 1. The minimum atomic E-state index is -0.136. The number of rotatable bonds is 8. The van der Waals surface area contributed by atoms with Gasteiger partial charge in [-0.1, -0.05) is 31.9 Å². The van der Waals surface area contributed by atoms with Gasteiger partial charge in [0.15, 0.2) is 0 Å². The Kier molecular flexibility index (Phi) is 7.57. The van der Waals surface area contributed by atoms with E-state index in [4.69, 9.17) is 4.74 Å². The Bertz CT molecular complexity index is 500. The molecule has 0 radical (unpaired) electrons. The molecule has 24 heavy (non-hydrogen) atoms. The standard InChI is InChI=1S/C20H31NO3/c1-15(14-16-9-11-18(24-2)12-10-16)20(23)21-13-5-7-17-6-3-4-8-19(17)22/h9-12,15,17,19,22H,3-8,13-14H2,1-2H3,(H,21,23). The minimum absolute atomic E-state index is 0.0429. The van der Waals surface area contributed by atoms with Crippen molar-refractivity contribution in [3.8, 4) is 5.75 Å². The molecule has 3 unspecified atom stereocenters. The van der Waals surface area contributed by atoms with E-state index in [1.165, 1.54) is 6.42 Å². The SMILES string of the molecule is COc1ccc(CC(C)C(=O)NCCCC2CCCCC2O)cc1. The second kappa shape index (κ2) is 9.67. The molecule has 0 aromatic heterocycles. The quantitative estimate of drug-likeness (QED) is 0.718. The maximum atomic E-state index is 12.2. The molecule has 0 aliphatic heterocycles. The second-order valence-corrected chi connectivity index (χ2v) is 7.00. The summed E-state index contributed by atoms with van der Waals surface area (Å²) in [5, 5.41) is 13.0. The molecule has 1 aromatic rings. The summed E-state index contributed by atoms with van der Waals surface area (Å²) in [4.78, 5) is 12.2. The maximum Gasteiger partial charge on any atom is 0.223 e. The van der Waals surface area contributed by atoms with Gasteiger partial charge in [-0.3, -0.25) is 4.79 Å². The third-order valence-corrected chi connectivity index (χ3v) is 5.07. The van der Waals surface area contributed by atoms with Crippen LogP contribution in [0, 0.1) is 11.8 Å². The predicted octanol–water partition coefficient (Wildman–Crippen LogP) is 3.32. The van der Waals surface area contributed by atoms with Crippen LogP contribution in [0.3, 0.4) is 0 Å². The van der Waals surface area contributed by atoms with E-state index in [1.54, 1.807) is 7.11 Å². The first kappa shape index (κ1) is 18.8. The predicted molar refractivity (Wildman–Crippen MR) is 96.1 cm³/mol. The largest absolute Gasteiger partial charge is 0.497 e. The van der Waals surface area contributed by atoms with Gasteiger partial charge in [0.2, 0.25) is 5.91 Å². The molecule has 1 amide bonds. The van der Waals surface area contributed by atoms with Crippen molar-refractivity contribution in [1.29, 1.82) is 0 Å². The lowest BCUT2D eigenvalue weighted by Gasteiger charge is -2.27. The molecular weight excluding hydrogens is 302 g/mol. The van der Waals surface area contributed by atoms with Crippen molar-refractivity contribution in [3.05, 3.63) is 29.8 Å². The van der Waals surface area contributed by atoms with Crippen LogP contribution >= 0.6 is 0 Å². The Labute approximate surface area is 145 Å². The molecule has 1 saturated carbocycles. The highest BCUT2D eigenvalue weighted by Gasteiger charge is 2.22. The summed E-state index contributed by atoms with van der Waals surface area (Å²) in [6, 6.07) is 7.87. The van der Waals surface area contributed by atoms with Gasteiger partial charge in [-0.2, -0.15) is 0 Å². The van der Waals surface area contributed by atoms with Crippen LogP contribution in [0.2, 0.25) is 0 Å². The number of amides is 1. The molecule has 134 valence electrons. The number of nitrogens with one attached hydrogen (secondary N) is 1. The van der Waals surface area contributed by atoms with Crippen molar-refractivity contribution < 1.29 is 14.6 Å². The van der Waals surface area contributed by atoms with Crippen LogP contribution in [0.1, 0.15) is 51.0 Å². The molecule has 4 heteroatoms. The molecule has 1 aromatic carbocycles. The zero-order valence-electron chi connectivity index (χ0n) is 15.0. The zero-order chi connectivity index (χ0) is 17.4. The van der Waals surface area contributed by atoms with Crippen molar-refractivity contribution in [1.82, 2.24) is 5.32 Å². The van der Waals surface area contributed by atoms with Gasteiger partial charge in [-0.25, -0.2) is 0 Å². The molecule has 4 nitrogen and oxygen atoms in total. The number of carbonyl (C=O) groups excluding carboxylic acids is 1. The summed E-state index contributed by atoms with van der Waals surface area (Å²) in [6.45, 7) is 2.67. The second-order valence-electron chi connectivity index (χ2n) is 7.00. The summed E-state index contributed by atoms with van der Waals surface area (Å²) >= 11 is 0. The van der Waals surface area contributed by atoms with Crippen LogP contribution in [0.25, 0.3) is 0 Å². The summed E-state index contributed by atoms with van der Waals surface area (Å²) in [7, 11) is 1.65. The average molecular weight is 333 g/mol. The van der Waals surface area contributed by atoms with Gasteiger partial charge in [0.1, 0.15) is 5.75 Å². The topological polar surface area (TPSA) is 58.6 Å². The van der Waals surface area contributed by atoms with Gasteiger partial charge in [0, 0.05) is 12.5 Å². The van der Waals surface area contributed by atoms with Crippen LogP contribution in [0.4, 0.5) is 0 Å². The lowest BCUT2D eigenvalue weighted by Crippen LogP contribution is -2.32. The first-order valence-corrected chi connectivity index (χ1v) is 9.19. The molecule has 1 fully saturated rings. The Hall–Kier alpha value is -1.55. The van der Waals surface area contributed by atoms with Crippen LogP contribution in [0.5, 0.6) is 5.75 Å². The fourth-order valence-corrected chi connectivity index (χ4v) is 3.48. The lowest BCUT2D eigenvalue weighted by atomic mass is 9.83. The number of methoxy groups -OCH3 is 1. The van der Waals surface area contributed by atoms with Crippen LogP contribution in [0.15, 0.2) is 24.3 Å². The first-order chi connectivity index (χ1) is 11.6. The van der Waals surface area contributed by atoms with Gasteiger partial charge in [-0.15, -0.1) is 0 Å². The monoisotopic (exact) mass is 333 g/mol. The van der Waals surface area contributed by atoms with E-state index in [1.807, 2.05) is 31.2 Å². The number of carbonyl (C=O) groups is 1. The molecule has 1 aliphatic carbocycles. The van der Waals surface area contributed by atoms with Gasteiger partial charge in [-0.05, 0) is 55.7 Å². The minimum Gasteiger partial charge on any atom is -0.497 e. The molecular formula is C20H31NO3. The highest BCUT2D eigenvalue weighted by Crippen LogP contribution is 2.27. The first-order valence-electron chi connectivity index (χ1n) is 9.19. The molecule has 0 spiro atoms. The molecule has 0 bridgehead atoms. The number of benzene rings is 1. The highest BCUT2D eigenvalue weighted by molar-refractivity contribution is 5.78. The van der Waals surface area contributed by atoms with Crippen molar-refractivity contribution in [2.24, 2.45) is 11.8 Å². The third kappa shape index (κ3) is 5.82. The van der Waals surface area contributed by atoms with Gasteiger partial charge in [0.05, 0.1) is 13.2 Å². The number of hydrogen-bond donors (Lipinski definition) is 2. The van der Waals surface area contributed by atoms with Gasteiger partial charge in [0.25, 0.3) is 0 Å². The van der Waals surface area contributed by atoms with Crippen molar-refractivity contribution in [2.75, 3.05) is 13.7 Å². The van der Waals surface area contributed by atoms with E-state index in [2.05, 4.69) is 5.32 Å². The van der Waals surface area contributed by atoms with Crippen LogP contribution in [-0.2, 0) is 11.2 Å². The number of hydrogen-bond acceptors (Lipinski definition) is 3. The third-order valence-electron chi connectivity index (χ3n) is 5.07. The summed E-state index contributed by atoms with van der Waals surface area (Å²) in [5.41, 5.74) is 1.14. The van der Waals surface area contributed by atoms with Crippen molar-refractivity contribution >= 4 is 5.91 Å². The smallest absolute Gasteiger partial charge is 0.223 e. The van der Waals surface area contributed by atoms with Gasteiger partial charge >= 0.3 is 0 Å². The van der Waals surface area contributed by atoms with Gasteiger partial charge < -0.3 is 15.2 Å². The Morgan fingerprint density at radius 3 is 2.67 bits per heavy atom. The Balaban J connectivity index is 1.65. The number of ether oxygens (including phenoxy) is 1. The summed E-state index contributed by atoms with van der Waals surface area (Å²) < 4.78 is 5.15. The summed E-state index contributed by atoms with van der Waals surface area (Å²) in [6.07, 6.45) is 7.00. The normalized spacial score (nSPS) is 22.0. The Morgan fingerprint density at radius 2 is 2.00 bits per heavy atom. The molecule has 1 aliphatic rings. The Morgan fingerprint density at radius 1 is 1.29 bits per heavy atom. The van der Waals surface area contributed by atoms with E-state index in [0.29, 0.717) is 12.5 Å². The summed E-state index contributed by atoms with van der Waals surface area (Å²) in [5.74, 6) is 1.32. The maximum absolute atomic E-state index is 12.2. The van der Waals surface area contributed by atoms with Crippen molar-refractivity contribution in [3.63, 3.8) is 0 Å². The average Bonchev–Trinajstić information content (AvgIpc) is 2.60. The molecule has 3 atom stereocenters. The highest BCUT2D eigenvalue weighted by atomic mass is 16.5. The zero-order valence-corrected chi connectivity index (χ0v) is 15.0. The molecule has 0 saturated heterocycles. The molecule has 2 N–H and O–H groups in total. The van der Waals surface area contributed by atoms with E-state index in [0.717, 1.165) is 49.8 Å². The molecule has 2 rings (SSSR count). The fourth-order valence-electron chi connectivity index (χ4n) is 3.48. The van der Waals surface area contributed by atoms with E-state index >= 15 is 0 Å². The van der Waals surface area contributed by atoms with Crippen LogP contribution in [-0.4, -0.2) is 30.8 Å². The van der Waals surface area contributed by atoms with E-state index < -0.39 is 0 Å². The van der Waals surface area contributed by atoms with Crippen LogP contribution < -0.4 is 10.1 Å². The van der Waals surface area contributed by atoms with E-state index in [9.17, 15) is 9.90 Å². The van der Waals surface area contributed by atoms with Crippen molar-refractivity contribution in [2.45, 2.75) is 58.0 Å². The fraction of sp³-hybridized carbons (Fsp3) is 0.650. The lowest BCUT2D eigenvalue weighted by molar-refractivity contribution is -0.124. The van der Waals surface area contributed by atoms with E-state index in [-0.39, 0.29) is 17.9 Å².